The van der Waals surface area contributed by atoms with Crippen LogP contribution in [-0.2, 0) is 11.3 Å². The van der Waals surface area contributed by atoms with Gasteiger partial charge in [-0.2, -0.15) is 0 Å². The molecule has 0 spiro atoms. The fraction of sp³-hybridized carbons (Fsp3) is 0.739. The van der Waals surface area contributed by atoms with Crippen LogP contribution in [0.15, 0.2) is 34.2 Å². The number of ether oxygens (including phenoxy) is 1. The van der Waals surface area contributed by atoms with Gasteiger partial charge in [-0.05, 0) is 31.7 Å². The third kappa shape index (κ3) is 9.91. The first kappa shape index (κ1) is 27.9. The van der Waals surface area contributed by atoms with Crippen molar-refractivity contribution in [3.05, 3.63) is 34.7 Å². The molecule has 0 radical (unpaired) electrons. The first-order valence-corrected chi connectivity index (χ1v) is 11.7. The molecule has 0 amide bonds. The zero-order chi connectivity index (χ0) is 21.6. The molecule has 2 heterocycles. The van der Waals surface area contributed by atoms with Crippen LogP contribution in [0.1, 0.15) is 46.5 Å². The third-order valence-corrected chi connectivity index (χ3v) is 5.91. The molecule has 7 nitrogen and oxygen atoms in total. The molecule has 31 heavy (non-hydrogen) atoms. The molecule has 1 aromatic heterocycles. The lowest BCUT2D eigenvalue weighted by Gasteiger charge is -2.38. The summed E-state index contributed by atoms with van der Waals surface area (Å²) >= 11 is 0. The second-order valence-electron chi connectivity index (χ2n) is 7.88. The maximum Gasteiger partial charge on any atom is 0.250 e. The second-order valence-corrected chi connectivity index (χ2v) is 7.88. The van der Waals surface area contributed by atoms with Gasteiger partial charge in [-0.1, -0.05) is 32.8 Å². The van der Waals surface area contributed by atoms with E-state index in [0.29, 0.717) is 12.0 Å². The Bertz CT molecular complexity index is 672. The average molecular weight is 548 g/mol. The van der Waals surface area contributed by atoms with Crippen LogP contribution in [0.3, 0.4) is 0 Å². The Hall–Kier alpha value is -1.13. The highest BCUT2D eigenvalue weighted by Gasteiger charge is 2.26. The van der Waals surface area contributed by atoms with Crippen molar-refractivity contribution in [2.24, 2.45) is 10.9 Å². The van der Waals surface area contributed by atoms with Crippen molar-refractivity contribution in [3.63, 3.8) is 0 Å². The minimum atomic E-state index is 0. The predicted molar refractivity (Wildman–Crippen MR) is 140 cm³/mol. The molecule has 1 fully saturated rings. The van der Waals surface area contributed by atoms with Crippen molar-refractivity contribution < 1.29 is 4.74 Å². The Morgan fingerprint density at radius 3 is 2.52 bits per heavy atom. The largest absolute Gasteiger partial charge is 0.379 e. The maximum absolute atomic E-state index is 11.8. The molecule has 1 aliphatic rings. The van der Waals surface area contributed by atoms with E-state index >= 15 is 0 Å². The lowest BCUT2D eigenvalue weighted by Crippen LogP contribution is -2.49. The molecule has 0 aromatic carbocycles. The fourth-order valence-corrected chi connectivity index (χ4v) is 4.09. The molecule has 1 saturated heterocycles. The van der Waals surface area contributed by atoms with Crippen LogP contribution >= 0.6 is 24.0 Å². The highest BCUT2D eigenvalue weighted by molar-refractivity contribution is 14.0. The maximum atomic E-state index is 11.8. The zero-order valence-electron chi connectivity index (χ0n) is 19.5. The van der Waals surface area contributed by atoms with E-state index in [1.165, 1.54) is 12.8 Å². The van der Waals surface area contributed by atoms with Gasteiger partial charge in [0.05, 0.1) is 19.8 Å². The van der Waals surface area contributed by atoms with Gasteiger partial charge in [0.1, 0.15) is 0 Å². The Balaban J connectivity index is 0.00000480. The van der Waals surface area contributed by atoms with E-state index < -0.39 is 0 Å². The van der Waals surface area contributed by atoms with Crippen LogP contribution in [0, 0.1) is 5.92 Å². The monoisotopic (exact) mass is 547 g/mol. The molecular formula is C23H42IN5O2. The first-order valence-electron chi connectivity index (χ1n) is 11.7. The number of hydrogen-bond donors (Lipinski definition) is 2. The summed E-state index contributed by atoms with van der Waals surface area (Å²) in [5, 5.41) is 6.84. The van der Waals surface area contributed by atoms with Crippen LogP contribution < -0.4 is 16.2 Å². The zero-order valence-corrected chi connectivity index (χ0v) is 21.8. The number of nitrogens with zero attached hydrogens (tertiary/aromatic N) is 3. The smallest absolute Gasteiger partial charge is 0.250 e. The molecule has 178 valence electrons. The molecular weight excluding hydrogens is 505 g/mol. The summed E-state index contributed by atoms with van der Waals surface area (Å²) in [6.07, 6.45) is 6.16. The molecule has 0 bridgehead atoms. The number of aryl methyl sites for hydroxylation is 1. The van der Waals surface area contributed by atoms with E-state index in [2.05, 4.69) is 36.3 Å². The minimum absolute atomic E-state index is 0. The SMILES string of the molecule is CCNC(=NCC(C(CC)CC)N1CCOCC1)NCCCCn1ccccc1=O.I. The number of nitrogens with one attached hydrogen (secondary N) is 2. The number of halogens is 1. The van der Waals surface area contributed by atoms with Crippen molar-refractivity contribution in [2.75, 3.05) is 45.9 Å². The number of hydrogen-bond acceptors (Lipinski definition) is 4. The quantitative estimate of drug-likeness (QED) is 0.182. The minimum Gasteiger partial charge on any atom is -0.379 e. The summed E-state index contributed by atoms with van der Waals surface area (Å²) in [5.41, 5.74) is 0.0657. The summed E-state index contributed by atoms with van der Waals surface area (Å²) < 4.78 is 7.32. The lowest BCUT2D eigenvalue weighted by molar-refractivity contribution is 0.00395. The van der Waals surface area contributed by atoms with Gasteiger partial charge < -0.3 is 19.9 Å². The predicted octanol–water partition coefficient (Wildman–Crippen LogP) is 2.94. The second kappa shape index (κ2) is 16.5. The Morgan fingerprint density at radius 2 is 1.87 bits per heavy atom. The first-order chi connectivity index (χ1) is 14.7. The van der Waals surface area contributed by atoms with Crippen LogP contribution in [0.5, 0.6) is 0 Å². The standard InChI is InChI=1S/C23H41N5O2.HI/c1-4-20(5-2)21(27-15-17-30-18-16-27)19-26-23(24-6-3)25-12-8-10-14-28-13-9-7-11-22(28)29;/h7,9,11,13,20-21H,4-6,8,10,12,14-19H2,1-3H3,(H2,24,25,26);1H. The van der Waals surface area contributed by atoms with Crippen molar-refractivity contribution in [2.45, 2.75) is 59.0 Å². The van der Waals surface area contributed by atoms with Gasteiger partial charge in [0.2, 0.25) is 5.56 Å². The molecule has 2 rings (SSSR count). The summed E-state index contributed by atoms with van der Waals surface area (Å²) in [7, 11) is 0. The summed E-state index contributed by atoms with van der Waals surface area (Å²) in [4.78, 5) is 19.3. The molecule has 1 atom stereocenters. The van der Waals surface area contributed by atoms with Crippen molar-refractivity contribution in [1.82, 2.24) is 20.1 Å². The molecule has 2 N–H and O–H groups in total. The van der Waals surface area contributed by atoms with Gasteiger partial charge in [-0.25, -0.2) is 0 Å². The number of morpholine rings is 1. The van der Waals surface area contributed by atoms with Gasteiger partial charge in [-0.3, -0.25) is 14.7 Å². The van der Waals surface area contributed by atoms with Crippen LogP contribution in [0.25, 0.3) is 0 Å². The normalized spacial score (nSPS) is 16.1. The van der Waals surface area contributed by atoms with E-state index in [-0.39, 0.29) is 29.5 Å². The molecule has 1 aromatic rings. The van der Waals surface area contributed by atoms with Gasteiger partial charge in [0.15, 0.2) is 5.96 Å². The Morgan fingerprint density at radius 1 is 1.13 bits per heavy atom. The van der Waals surface area contributed by atoms with Gasteiger partial charge >= 0.3 is 0 Å². The topological polar surface area (TPSA) is 70.9 Å². The van der Waals surface area contributed by atoms with E-state index in [9.17, 15) is 4.79 Å². The molecule has 0 saturated carbocycles. The third-order valence-electron chi connectivity index (χ3n) is 5.91. The summed E-state index contributed by atoms with van der Waals surface area (Å²) in [6.45, 7) is 13.6. The van der Waals surface area contributed by atoms with Crippen LogP contribution in [0.2, 0.25) is 0 Å². The summed E-state index contributed by atoms with van der Waals surface area (Å²) in [6, 6.07) is 5.76. The van der Waals surface area contributed by atoms with Gasteiger partial charge in [0, 0.05) is 51.0 Å². The number of aliphatic imine (C=N–C) groups is 1. The molecule has 1 unspecified atom stereocenters. The Labute approximate surface area is 205 Å². The van der Waals surface area contributed by atoms with E-state index in [1.807, 2.05) is 12.3 Å². The van der Waals surface area contributed by atoms with Gasteiger partial charge in [-0.15, -0.1) is 24.0 Å². The van der Waals surface area contributed by atoms with Crippen molar-refractivity contribution >= 4 is 29.9 Å². The number of unbranched alkanes of at least 4 members (excludes halogenated alkanes) is 1. The highest BCUT2D eigenvalue weighted by Crippen LogP contribution is 2.20. The fourth-order valence-electron chi connectivity index (χ4n) is 4.09. The number of pyridine rings is 1. The highest BCUT2D eigenvalue weighted by atomic mass is 127. The molecule has 1 aliphatic heterocycles. The number of rotatable bonds is 12. The lowest BCUT2D eigenvalue weighted by atomic mass is 9.92. The van der Waals surface area contributed by atoms with E-state index in [4.69, 9.17) is 9.73 Å². The number of guanidine groups is 1. The van der Waals surface area contributed by atoms with Crippen LogP contribution in [0.4, 0.5) is 0 Å². The Kier molecular flexibility index (Phi) is 14.8. The van der Waals surface area contributed by atoms with E-state index in [0.717, 1.165) is 71.3 Å². The van der Waals surface area contributed by atoms with Gasteiger partial charge in [0.25, 0.3) is 0 Å². The average Bonchev–Trinajstić information content (AvgIpc) is 2.78. The molecule has 8 heteroatoms. The molecule has 0 aliphatic carbocycles. The number of aromatic nitrogens is 1. The van der Waals surface area contributed by atoms with Crippen molar-refractivity contribution in [3.8, 4) is 0 Å². The van der Waals surface area contributed by atoms with Crippen LogP contribution in [-0.4, -0.2) is 67.4 Å². The van der Waals surface area contributed by atoms with E-state index in [1.54, 1.807) is 16.7 Å². The van der Waals surface area contributed by atoms with Crippen molar-refractivity contribution in [1.29, 1.82) is 0 Å². The summed E-state index contributed by atoms with van der Waals surface area (Å²) in [5.74, 6) is 1.54.